The number of ether oxygens (including phenoxy) is 3. The van der Waals surface area contributed by atoms with Crippen molar-refractivity contribution in [1.82, 2.24) is 0 Å². The molecule has 0 aliphatic carbocycles. The highest BCUT2D eigenvalue weighted by Gasteiger charge is 2.17. The Hall–Kier alpha value is -3.18. The van der Waals surface area contributed by atoms with Crippen molar-refractivity contribution in [3.8, 4) is 0 Å². The average Bonchev–Trinajstić information content (AvgIpc) is 3.20. The molecule has 56 heavy (non-hydrogen) atoms. The monoisotopic (exact) mass is 777 g/mol. The van der Waals surface area contributed by atoms with Gasteiger partial charge in [0, 0.05) is 19.4 Å². The Morgan fingerprint density at radius 3 is 1.34 bits per heavy atom. The Morgan fingerprint density at radius 2 is 0.804 bits per heavy atom. The number of allylic oxidation sites excluding steroid dienone is 16. The summed E-state index contributed by atoms with van der Waals surface area (Å²) in [4.78, 5) is 25.2. The predicted molar refractivity (Wildman–Crippen MR) is 242 cm³/mol. The average molecular weight is 777 g/mol. The lowest BCUT2D eigenvalue weighted by Crippen LogP contribution is -2.30. The van der Waals surface area contributed by atoms with Gasteiger partial charge in [-0.05, 0) is 109 Å². The molecule has 0 amide bonds. The fourth-order valence-corrected chi connectivity index (χ4v) is 5.73. The van der Waals surface area contributed by atoms with Gasteiger partial charge < -0.3 is 14.2 Å². The van der Waals surface area contributed by atoms with Gasteiger partial charge in [-0.15, -0.1) is 0 Å². The molecule has 0 saturated carbocycles. The lowest BCUT2D eigenvalue weighted by Gasteiger charge is -2.18. The highest BCUT2D eigenvalue weighted by molar-refractivity contribution is 5.70. The van der Waals surface area contributed by atoms with Gasteiger partial charge in [0.15, 0.2) is 6.10 Å². The van der Waals surface area contributed by atoms with Crippen molar-refractivity contribution >= 4 is 11.9 Å². The number of unbranched alkanes of at least 4 members (excludes halogenated alkanes) is 13. The van der Waals surface area contributed by atoms with E-state index in [4.69, 9.17) is 14.2 Å². The number of esters is 2. The molecule has 318 valence electrons. The van der Waals surface area contributed by atoms with Crippen LogP contribution in [0.15, 0.2) is 97.2 Å². The molecule has 1 unspecified atom stereocenters. The minimum Gasteiger partial charge on any atom is -0.462 e. The molecule has 0 aliphatic heterocycles. The summed E-state index contributed by atoms with van der Waals surface area (Å²) in [6, 6.07) is 0. The number of hydrogen-bond acceptors (Lipinski definition) is 5. The molecule has 0 aromatic rings. The minimum absolute atomic E-state index is 0.0458. The van der Waals surface area contributed by atoms with Gasteiger partial charge in [0.25, 0.3) is 0 Å². The van der Waals surface area contributed by atoms with Crippen LogP contribution in [0.5, 0.6) is 0 Å². The van der Waals surface area contributed by atoms with Crippen LogP contribution in [0.3, 0.4) is 0 Å². The maximum absolute atomic E-state index is 12.7. The van der Waals surface area contributed by atoms with Gasteiger partial charge in [0.2, 0.25) is 0 Å². The second kappa shape index (κ2) is 46.2. The summed E-state index contributed by atoms with van der Waals surface area (Å²) in [5, 5.41) is 0. The van der Waals surface area contributed by atoms with E-state index in [1.807, 2.05) is 0 Å². The molecule has 0 radical (unpaired) electrons. The molecule has 5 nitrogen and oxygen atoms in total. The lowest BCUT2D eigenvalue weighted by atomic mass is 10.1. The van der Waals surface area contributed by atoms with Gasteiger partial charge >= 0.3 is 11.9 Å². The summed E-state index contributed by atoms with van der Waals surface area (Å²) in [5.41, 5.74) is 0. The first-order valence-corrected chi connectivity index (χ1v) is 22.8. The second-order valence-electron chi connectivity index (χ2n) is 14.5. The predicted octanol–water partition coefficient (Wildman–Crippen LogP) is 15.1. The van der Waals surface area contributed by atoms with Gasteiger partial charge in [-0.2, -0.15) is 0 Å². The molecule has 0 fully saturated rings. The summed E-state index contributed by atoms with van der Waals surface area (Å²) >= 11 is 0. The Morgan fingerprint density at radius 1 is 0.411 bits per heavy atom. The van der Waals surface area contributed by atoms with Gasteiger partial charge in [-0.3, -0.25) is 9.59 Å². The maximum atomic E-state index is 12.7. The van der Waals surface area contributed by atoms with Gasteiger partial charge in [-0.1, -0.05) is 163 Å². The van der Waals surface area contributed by atoms with Crippen LogP contribution in [0.1, 0.15) is 188 Å². The van der Waals surface area contributed by atoms with Crippen LogP contribution >= 0.6 is 0 Å². The largest absolute Gasteiger partial charge is 0.462 e. The van der Waals surface area contributed by atoms with E-state index in [-0.39, 0.29) is 25.2 Å². The van der Waals surface area contributed by atoms with E-state index in [1.165, 1.54) is 44.9 Å². The Balaban J connectivity index is 4.39. The number of carbonyl (C=O) groups is 2. The van der Waals surface area contributed by atoms with Gasteiger partial charge in [0.05, 0.1) is 6.61 Å². The van der Waals surface area contributed by atoms with Crippen molar-refractivity contribution in [2.24, 2.45) is 0 Å². The first-order chi connectivity index (χ1) is 27.6. The fourth-order valence-electron chi connectivity index (χ4n) is 5.73. The molecular weight excluding hydrogens is 693 g/mol. The zero-order chi connectivity index (χ0) is 40.7. The summed E-state index contributed by atoms with van der Waals surface area (Å²) in [6.45, 7) is 7.44. The van der Waals surface area contributed by atoms with Crippen molar-refractivity contribution in [3.05, 3.63) is 97.2 Å². The molecule has 0 saturated heterocycles. The molecule has 0 aliphatic rings. The van der Waals surface area contributed by atoms with Crippen molar-refractivity contribution in [3.63, 3.8) is 0 Å². The SMILES string of the molecule is CC/C=C\C/C=C\C/C=C\C/C=C\CCCCC(=O)OCC(COCCCCCC/C=C\C/C=C\C/C=C\CC)OC(=O)CCCCCCC/C=C\CCCC. The van der Waals surface area contributed by atoms with Crippen LogP contribution in [0.2, 0.25) is 0 Å². The van der Waals surface area contributed by atoms with E-state index >= 15 is 0 Å². The van der Waals surface area contributed by atoms with Crippen molar-refractivity contribution < 1.29 is 23.8 Å². The zero-order valence-corrected chi connectivity index (χ0v) is 36.4. The molecule has 0 aromatic heterocycles. The van der Waals surface area contributed by atoms with Crippen molar-refractivity contribution in [2.45, 2.75) is 194 Å². The highest BCUT2D eigenvalue weighted by atomic mass is 16.6. The van der Waals surface area contributed by atoms with E-state index in [0.29, 0.717) is 19.4 Å². The Labute approximate surface area is 345 Å². The first kappa shape index (κ1) is 52.8. The molecule has 0 rings (SSSR count). The first-order valence-electron chi connectivity index (χ1n) is 22.8. The molecule has 5 heteroatoms. The number of carbonyl (C=O) groups excluding carboxylic acids is 2. The fraction of sp³-hybridized carbons (Fsp3) is 0.647. The van der Waals surface area contributed by atoms with Crippen LogP contribution in [0.25, 0.3) is 0 Å². The molecule has 0 heterocycles. The lowest BCUT2D eigenvalue weighted by molar-refractivity contribution is -0.163. The van der Waals surface area contributed by atoms with Crippen LogP contribution < -0.4 is 0 Å². The standard InChI is InChI=1S/C51H84O5/c1-4-7-10-13-16-19-22-24-26-27-30-32-35-38-41-44-50(52)55-48-49(56-51(53)45-42-39-36-33-29-21-18-15-12-9-6-3)47-54-46-43-40-37-34-31-28-25-23-20-17-14-11-8-5-2/h7-8,10-11,15-20,24-26,28,30,32,49H,4-6,9,12-14,21-23,27,29,31,33-48H2,1-3H3/b10-7-,11-8-,18-15-,19-16-,20-17-,26-24-,28-25-,32-30-. The number of rotatable bonds is 40. The molecule has 0 spiro atoms. The Kier molecular flexibility index (Phi) is 43.6. The van der Waals surface area contributed by atoms with E-state index in [0.717, 1.165) is 109 Å². The van der Waals surface area contributed by atoms with E-state index in [2.05, 4.69) is 118 Å². The third-order valence-corrected chi connectivity index (χ3v) is 9.08. The summed E-state index contributed by atoms with van der Waals surface area (Å²) < 4.78 is 17.2. The van der Waals surface area contributed by atoms with Crippen molar-refractivity contribution in [2.75, 3.05) is 19.8 Å². The molecular formula is C51H84O5. The molecule has 0 bridgehead atoms. The maximum Gasteiger partial charge on any atom is 0.306 e. The molecule has 0 aromatic carbocycles. The minimum atomic E-state index is -0.572. The molecule has 0 N–H and O–H groups in total. The van der Waals surface area contributed by atoms with E-state index in [1.54, 1.807) is 0 Å². The zero-order valence-electron chi connectivity index (χ0n) is 36.4. The van der Waals surface area contributed by atoms with Crippen LogP contribution in [-0.4, -0.2) is 37.9 Å². The third-order valence-electron chi connectivity index (χ3n) is 9.08. The van der Waals surface area contributed by atoms with Crippen LogP contribution in [0, 0.1) is 0 Å². The van der Waals surface area contributed by atoms with Crippen LogP contribution in [0.4, 0.5) is 0 Å². The number of hydrogen-bond donors (Lipinski definition) is 0. The van der Waals surface area contributed by atoms with Crippen LogP contribution in [-0.2, 0) is 23.8 Å². The van der Waals surface area contributed by atoms with Gasteiger partial charge in [-0.25, -0.2) is 0 Å². The third kappa shape index (κ3) is 43.5. The topological polar surface area (TPSA) is 61.8 Å². The normalized spacial score (nSPS) is 13.1. The highest BCUT2D eigenvalue weighted by Crippen LogP contribution is 2.11. The van der Waals surface area contributed by atoms with E-state index < -0.39 is 6.10 Å². The Bertz CT molecular complexity index is 1110. The molecule has 1 atom stereocenters. The second-order valence-corrected chi connectivity index (χ2v) is 14.5. The van der Waals surface area contributed by atoms with Crippen molar-refractivity contribution in [1.29, 1.82) is 0 Å². The van der Waals surface area contributed by atoms with Gasteiger partial charge in [0.1, 0.15) is 6.61 Å². The van der Waals surface area contributed by atoms with E-state index in [9.17, 15) is 9.59 Å². The quantitative estimate of drug-likeness (QED) is 0.0352. The smallest absolute Gasteiger partial charge is 0.306 e. The summed E-state index contributed by atoms with van der Waals surface area (Å²) in [7, 11) is 0. The summed E-state index contributed by atoms with van der Waals surface area (Å²) in [6.07, 6.45) is 61.2. The summed E-state index contributed by atoms with van der Waals surface area (Å²) in [5.74, 6) is -0.478.